The summed E-state index contributed by atoms with van der Waals surface area (Å²) >= 11 is 0. The Morgan fingerprint density at radius 1 is 1.44 bits per heavy atom. The second kappa shape index (κ2) is 3.38. The van der Waals surface area contributed by atoms with Gasteiger partial charge in [0.2, 0.25) is 5.91 Å². The molecule has 0 aromatic carbocycles. The third-order valence-corrected chi connectivity index (χ3v) is 1.55. The SMILES string of the molecule is C=NC(=O)[C@@H](C)C(C)C. The van der Waals surface area contributed by atoms with Crippen LogP contribution in [-0.2, 0) is 4.79 Å². The Morgan fingerprint density at radius 3 is 2.00 bits per heavy atom. The smallest absolute Gasteiger partial charge is 0.248 e. The van der Waals surface area contributed by atoms with Crippen LogP contribution in [0.5, 0.6) is 0 Å². The molecular formula is C7H13NO. The fourth-order valence-electron chi connectivity index (χ4n) is 0.429. The Hall–Kier alpha value is -0.660. The molecular weight excluding hydrogens is 114 g/mol. The Bertz CT molecular complexity index is 118. The quantitative estimate of drug-likeness (QED) is 0.517. The molecule has 0 heterocycles. The third-order valence-electron chi connectivity index (χ3n) is 1.55. The van der Waals surface area contributed by atoms with Gasteiger partial charge in [0.15, 0.2) is 0 Å². The minimum absolute atomic E-state index is 0.0162. The molecule has 0 aliphatic rings. The van der Waals surface area contributed by atoms with Crippen LogP contribution in [0.25, 0.3) is 0 Å². The average molecular weight is 127 g/mol. The summed E-state index contributed by atoms with van der Waals surface area (Å²) in [7, 11) is 0. The first-order chi connectivity index (χ1) is 4.09. The van der Waals surface area contributed by atoms with Crippen molar-refractivity contribution in [3.63, 3.8) is 0 Å². The van der Waals surface area contributed by atoms with Crippen LogP contribution in [-0.4, -0.2) is 12.6 Å². The van der Waals surface area contributed by atoms with Crippen LogP contribution in [0.1, 0.15) is 20.8 Å². The van der Waals surface area contributed by atoms with E-state index in [1.54, 1.807) is 0 Å². The van der Waals surface area contributed by atoms with E-state index >= 15 is 0 Å². The van der Waals surface area contributed by atoms with Crippen molar-refractivity contribution in [1.29, 1.82) is 0 Å². The van der Waals surface area contributed by atoms with Gasteiger partial charge in [0.1, 0.15) is 0 Å². The fraction of sp³-hybridized carbons (Fsp3) is 0.714. The second-order valence-electron chi connectivity index (χ2n) is 2.53. The van der Waals surface area contributed by atoms with E-state index in [9.17, 15) is 4.79 Å². The molecule has 0 aromatic heterocycles. The zero-order chi connectivity index (χ0) is 7.44. The number of hydrogen-bond donors (Lipinski definition) is 0. The maximum absolute atomic E-state index is 10.7. The molecule has 52 valence electrons. The topological polar surface area (TPSA) is 29.4 Å². The summed E-state index contributed by atoms with van der Waals surface area (Å²) in [6, 6.07) is 0. The van der Waals surface area contributed by atoms with Crippen molar-refractivity contribution in [2.24, 2.45) is 16.8 Å². The molecule has 1 amide bonds. The predicted molar refractivity (Wildman–Crippen MR) is 38.6 cm³/mol. The first kappa shape index (κ1) is 8.34. The number of aliphatic imine (C=N–C) groups is 1. The first-order valence-corrected chi connectivity index (χ1v) is 3.10. The van der Waals surface area contributed by atoms with Gasteiger partial charge in [0.25, 0.3) is 0 Å². The van der Waals surface area contributed by atoms with Crippen LogP contribution < -0.4 is 0 Å². The van der Waals surface area contributed by atoms with Crippen molar-refractivity contribution < 1.29 is 4.79 Å². The summed E-state index contributed by atoms with van der Waals surface area (Å²) in [6.45, 7) is 9.01. The summed E-state index contributed by atoms with van der Waals surface area (Å²) in [6.07, 6.45) is 0. The normalized spacial score (nSPS) is 13.3. The van der Waals surface area contributed by atoms with Crippen LogP contribution >= 0.6 is 0 Å². The van der Waals surface area contributed by atoms with E-state index in [1.807, 2.05) is 20.8 Å². The van der Waals surface area contributed by atoms with Crippen molar-refractivity contribution in [3.05, 3.63) is 0 Å². The molecule has 2 nitrogen and oxygen atoms in total. The Labute approximate surface area is 56.0 Å². The van der Waals surface area contributed by atoms with Gasteiger partial charge in [-0.2, -0.15) is 0 Å². The van der Waals surface area contributed by atoms with E-state index in [2.05, 4.69) is 11.7 Å². The first-order valence-electron chi connectivity index (χ1n) is 3.10. The summed E-state index contributed by atoms with van der Waals surface area (Å²) in [5.74, 6) is 0.274. The van der Waals surface area contributed by atoms with Crippen LogP contribution in [0.15, 0.2) is 4.99 Å². The molecule has 1 atom stereocenters. The van der Waals surface area contributed by atoms with Crippen molar-refractivity contribution >= 4 is 12.6 Å². The molecule has 0 rings (SSSR count). The van der Waals surface area contributed by atoms with Crippen molar-refractivity contribution in [1.82, 2.24) is 0 Å². The highest BCUT2D eigenvalue weighted by Crippen LogP contribution is 2.10. The maximum atomic E-state index is 10.7. The number of carbonyl (C=O) groups is 1. The molecule has 0 spiro atoms. The molecule has 0 saturated carbocycles. The van der Waals surface area contributed by atoms with Gasteiger partial charge in [-0.25, -0.2) is 4.99 Å². The van der Waals surface area contributed by atoms with Gasteiger partial charge in [-0.15, -0.1) is 0 Å². The van der Waals surface area contributed by atoms with E-state index in [-0.39, 0.29) is 11.8 Å². The third kappa shape index (κ3) is 2.40. The lowest BCUT2D eigenvalue weighted by atomic mass is 9.98. The number of rotatable bonds is 2. The number of amides is 1. The highest BCUT2D eigenvalue weighted by molar-refractivity contribution is 5.82. The molecule has 0 radical (unpaired) electrons. The highest BCUT2D eigenvalue weighted by Gasteiger charge is 2.13. The van der Waals surface area contributed by atoms with Crippen molar-refractivity contribution in [2.75, 3.05) is 0 Å². The lowest BCUT2D eigenvalue weighted by Gasteiger charge is -2.09. The van der Waals surface area contributed by atoms with E-state index < -0.39 is 0 Å². The molecule has 0 fully saturated rings. The monoisotopic (exact) mass is 127 g/mol. The Kier molecular flexibility index (Phi) is 3.13. The lowest BCUT2D eigenvalue weighted by Crippen LogP contribution is -2.13. The van der Waals surface area contributed by atoms with Gasteiger partial charge >= 0.3 is 0 Å². The van der Waals surface area contributed by atoms with Crippen LogP contribution in [0, 0.1) is 11.8 Å². The molecule has 2 heteroatoms. The van der Waals surface area contributed by atoms with E-state index in [0.29, 0.717) is 5.92 Å². The van der Waals surface area contributed by atoms with Gasteiger partial charge in [0, 0.05) is 5.92 Å². The van der Waals surface area contributed by atoms with Crippen molar-refractivity contribution in [2.45, 2.75) is 20.8 Å². The zero-order valence-electron chi connectivity index (χ0n) is 6.22. The number of nitrogens with zero attached hydrogens (tertiary/aromatic N) is 1. The van der Waals surface area contributed by atoms with E-state index in [4.69, 9.17) is 0 Å². The average Bonchev–Trinajstić information content (AvgIpc) is 1.84. The van der Waals surface area contributed by atoms with Gasteiger partial charge in [-0.1, -0.05) is 20.8 Å². The van der Waals surface area contributed by atoms with Crippen LogP contribution in [0.4, 0.5) is 0 Å². The molecule has 0 aliphatic carbocycles. The molecule has 0 bridgehead atoms. The minimum atomic E-state index is -0.106. The molecule has 0 aromatic rings. The molecule has 0 unspecified atom stereocenters. The van der Waals surface area contributed by atoms with E-state index in [0.717, 1.165) is 0 Å². The largest absolute Gasteiger partial charge is 0.272 e. The molecule has 9 heavy (non-hydrogen) atoms. The zero-order valence-corrected chi connectivity index (χ0v) is 6.22. The van der Waals surface area contributed by atoms with Crippen LogP contribution in [0.3, 0.4) is 0 Å². The molecule has 0 N–H and O–H groups in total. The van der Waals surface area contributed by atoms with Gasteiger partial charge < -0.3 is 0 Å². The summed E-state index contributed by atoms with van der Waals surface area (Å²) in [5.41, 5.74) is 0. The Balaban J connectivity index is 3.87. The summed E-state index contributed by atoms with van der Waals surface area (Å²) < 4.78 is 0. The van der Waals surface area contributed by atoms with Gasteiger partial charge in [-0.05, 0) is 12.6 Å². The standard InChI is InChI=1S/C7H13NO/c1-5(2)6(3)7(9)8-4/h5-6H,4H2,1-3H3/t6-/m0/s1. The van der Waals surface area contributed by atoms with Gasteiger partial charge in [0.05, 0.1) is 0 Å². The number of hydrogen-bond acceptors (Lipinski definition) is 1. The maximum Gasteiger partial charge on any atom is 0.248 e. The van der Waals surface area contributed by atoms with Crippen LogP contribution in [0.2, 0.25) is 0 Å². The summed E-state index contributed by atoms with van der Waals surface area (Å²) in [4.78, 5) is 14.0. The molecule has 0 aliphatic heterocycles. The molecule has 0 saturated heterocycles. The Morgan fingerprint density at radius 2 is 1.89 bits per heavy atom. The fourth-order valence-corrected chi connectivity index (χ4v) is 0.429. The highest BCUT2D eigenvalue weighted by atomic mass is 16.1. The second-order valence-corrected chi connectivity index (χ2v) is 2.53. The summed E-state index contributed by atoms with van der Waals surface area (Å²) in [5, 5.41) is 0. The predicted octanol–water partition coefficient (Wildman–Crippen LogP) is 1.51. The minimum Gasteiger partial charge on any atom is -0.272 e. The lowest BCUT2D eigenvalue weighted by molar-refractivity contribution is -0.122. The number of carbonyl (C=O) groups excluding carboxylic acids is 1. The van der Waals surface area contributed by atoms with Gasteiger partial charge in [-0.3, -0.25) is 4.79 Å². The van der Waals surface area contributed by atoms with Crippen molar-refractivity contribution in [3.8, 4) is 0 Å². The van der Waals surface area contributed by atoms with E-state index in [1.165, 1.54) is 0 Å².